The van der Waals surface area contributed by atoms with Crippen LogP contribution in [0.4, 0.5) is 5.69 Å². The van der Waals surface area contributed by atoms with Crippen molar-refractivity contribution < 1.29 is 4.79 Å². The Labute approximate surface area is 119 Å². The summed E-state index contributed by atoms with van der Waals surface area (Å²) in [6.07, 6.45) is 1.35. The van der Waals surface area contributed by atoms with E-state index in [0.29, 0.717) is 29.6 Å². The predicted molar refractivity (Wildman–Crippen MR) is 80.1 cm³/mol. The fourth-order valence-electron chi connectivity index (χ4n) is 1.48. The lowest BCUT2D eigenvalue weighted by molar-refractivity contribution is -0.116. The Balaban J connectivity index is 2.74. The van der Waals surface area contributed by atoms with Gasteiger partial charge in [0.05, 0.1) is 17.3 Å². The normalized spacial score (nSPS) is 9.95. The summed E-state index contributed by atoms with van der Waals surface area (Å²) in [5.41, 5.74) is 6.71. The number of anilines is 1. The lowest BCUT2D eigenvalue weighted by Gasteiger charge is -2.08. The van der Waals surface area contributed by atoms with Crippen LogP contribution in [-0.2, 0) is 4.79 Å². The van der Waals surface area contributed by atoms with Crippen LogP contribution >= 0.6 is 11.6 Å². The molecule has 0 aliphatic rings. The summed E-state index contributed by atoms with van der Waals surface area (Å²) in [6.45, 7) is 4.48. The molecule has 3 nitrogen and oxygen atoms in total. The van der Waals surface area contributed by atoms with Crippen molar-refractivity contribution in [2.75, 3.05) is 11.9 Å². The van der Waals surface area contributed by atoms with Gasteiger partial charge in [-0.1, -0.05) is 37.3 Å². The van der Waals surface area contributed by atoms with E-state index in [9.17, 15) is 4.79 Å². The van der Waals surface area contributed by atoms with Crippen LogP contribution in [-0.4, -0.2) is 12.5 Å². The average Bonchev–Trinajstić information content (AvgIpc) is 2.37. The molecule has 0 radical (unpaired) electrons. The summed E-state index contributed by atoms with van der Waals surface area (Å²) in [4.78, 5) is 11.8. The van der Waals surface area contributed by atoms with Gasteiger partial charge in [0, 0.05) is 12.0 Å². The smallest absolute Gasteiger partial charge is 0.224 e. The molecule has 0 aromatic heterocycles. The summed E-state index contributed by atoms with van der Waals surface area (Å²) < 4.78 is 0. The third kappa shape index (κ3) is 5.78. The zero-order valence-electron chi connectivity index (χ0n) is 11.3. The third-order valence-corrected chi connectivity index (χ3v) is 2.85. The van der Waals surface area contributed by atoms with Crippen LogP contribution in [0.15, 0.2) is 18.2 Å². The number of rotatable bonds is 4. The van der Waals surface area contributed by atoms with Crippen molar-refractivity contribution in [3.05, 3.63) is 28.8 Å². The maximum absolute atomic E-state index is 11.8. The third-order valence-electron chi connectivity index (χ3n) is 2.52. The summed E-state index contributed by atoms with van der Waals surface area (Å²) in [6, 6.07) is 5.28. The van der Waals surface area contributed by atoms with Gasteiger partial charge in [-0.2, -0.15) is 0 Å². The zero-order valence-corrected chi connectivity index (χ0v) is 12.1. The molecule has 19 heavy (non-hydrogen) atoms. The highest BCUT2D eigenvalue weighted by Crippen LogP contribution is 2.23. The highest BCUT2D eigenvalue weighted by atomic mass is 35.5. The number of carbonyl (C=O) groups excluding carboxylic acids is 1. The Bertz CT molecular complexity index is 501. The fraction of sp³-hybridized carbons (Fsp3) is 0.400. The highest BCUT2D eigenvalue weighted by molar-refractivity contribution is 6.33. The second kappa shape index (κ2) is 7.83. The minimum atomic E-state index is -0.0282. The maximum Gasteiger partial charge on any atom is 0.224 e. The minimum Gasteiger partial charge on any atom is -0.325 e. The van der Waals surface area contributed by atoms with Crippen LogP contribution in [0.2, 0.25) is 5.02 Å². The number of hydrogen-bond donors (Lipinski definition) is 2. The van der Waals surface area contributed by atoms with Gasteiger partial charge in [-0.3, -0.25) is 4.79 Å². The van der Waals surface area contributed by atoms with Gasteiger partial charge in [0.1, 0.15) is 0 Å². The Kier molecular flexibility index (Phi) is 6.41. The van der Waals surface area contributed by atoms with E-state index >= 15 is 0 Å². The minimum absolute atomic E-state index is 0.0282. The Morgan fingerprint density at radius 2 is 2.21 bits per heavy atom. The molecule has 0 aliphatic carbocycles. The van der Waals surface area contributed by atoms with Gasteiger partial charge in [0.2, 0.25) is 5.91 Å². The van der Waals surface area contributed by atoms with Gasteiger partial charge in [0.15, 0.2) is 0 Å². The summed E-state index contributed by atoms with van der Waals surface area (Å²) in [7, 11) is 0. The van der Waals surface area contributed by atoms with E-state index in [0.717, 1.165) is 12.0 Å². The van der Waals surface area contributed by atoms with Crippen LogP contribution < -0.4 is 11.1 Å². The van der Waals surface area contributed by atoms with Crippen molar-refractivity contribution >= 4 is 23.2 Å². The van der Waals surface area contributed by atoms with E-state index in [1.807, 2.05) is 0 Å². The quantitative estimate of drug-likeness (QED) is 0.832. The van der Waals surface area contributed by atoms with E-state index in [1.165, 1.54) is 0 Å². The van der Waals surface area contributed by atoms with Crippen LogP contribution in [0.25, 0.3) is 0 Å². The first-order chi connectivity index (χ1) is 9.02. The molecule has 0 spiro atoms. The Hall–Kier alpha value is -1.50. The van der Waals surface area contributed by atoms with E-state index in [2.05, 4.69) is 31.0 Å². The largest absolute Gasteiger partial charge is 0.325 e. The molecule has 3 N–H and O–H groups in total. The second-order valence-corrected chi connectivity index (χ2v) is 5.09. The lowest BCUT2D eigenvalue weighted by atomic mass is 10.1. The van der Waals surface area contributed by atoms with Gasteiger partial charge in [0.25, 0.3) is 0 Å². The summed E-state index contributed by atoms with van der Waals surface area (Å²) in [5, 5.41) is 3.32. The zero-order chi connectivity index (χ0) is 14.3. The number of nitrogens with one attached hydrogen (secondary N) is 1. The van der Waals surface area contributed by atoms with Gasteiger partial charge >= 0.3 is 0 Å². The van der Waals surface area contributed by atoms with Crippen molar-refractivity contribution in [1.29, 1.82) is 0 Å². The van der Waals surface area contributed by atoms with Gasteiger partial charge < -0.3 is 11.1 Å². The molecule has 4 heteroatoms. The maximum atomic E-state index is 11.8. The van der Waals surface area contributed by atoms with E-state index in [1.54, 1.807) is 18.2 Å². The number of nitrogens with two attached hydrogens (primary N) is 1. The molecule has 1 rings (SSSR count). The molecule has 0 aliphatic heterocycles. The predicted octanol–water partition coefficient (Wildman–Crippen LogP) is 3.02. The molecule has 1 aromatic carbocycles. The second-order valence-electron chi connectivity index (χ2n) is 4.68. The number of hydrogen-bond acceptors (Lipinski definition) is 2. The molecule has 102 valence electrons. The van der Waals surface area contributed by atoms with Gasteiger partial charge in [-0.05, 0) is 30.5 Å². The lowest BCUT2D eigenvalue weighted by Crippen LogP contribution is -2.12. The highest BCUT2D eigenvalue weighted by Gasteiger charge is 2.07. The molecule has 0 bridgehead atoms. The van der Waals surface area contributed by atoms with E-state index < -0.39 is 0 Å². The van der Waals surface area contributed by atoms with Gasteiger partial charge in [-0.15, -0.1) is 0 Å². The first-order valence-electron chi connectivity index (χ1n) is 6.31. The molecule has 0 saturated heterocycles. The van der Waals surface area contributed by atoms with Crippen LogP contribution in [0.3, 0.4) is 0 Å². The monoisotopic (exact) mass is 278 g/mol. The van der Waals surface area contributed by atoms with Crippen molar-refractivity contribution in [2.45, 2.75) is 26.7 Å². The Morgan fingerprint density at radius 1 is 1.47 bits per heavy atom. The Morgan fingerprint density at radius 3 is 2.84 bits per heavy atom. The number of benzene rings is 1. The van der Waals surface area contributed by atoms with Crippen molar-refractivity contribution in [3.63, 3.8) is 0 Å². The number of carbonyl (C=O) groups is 1. The van der Waals surface area contributed by atoms with Crippen molar-refractivity contribution in [1.82, 2.24) is 0 Å². The number of halogens is 1. The molecular weight excluding hydrogens is 260 g/mol. The van der Waals surface area contributed by atoms with Crippen molar-refractivity contribution in [3.8, 4) is 11.8 Å². The molecule has 1 amide bonds. The molecule has 0 fully saturated rings. The van der Waals surface area contributed by atoms with E-state index in [4.69, 9.17) is 17.3 Å². The van der Waals surface area contributed by atoms with E-state index in [-0.39, 0.29) is 5.91 Å². The van der Waals surface area contributed by atoms with Crippen LogP contribution in [0, 0.1) is 17.8 Å². The first-order valence-corrected chi connectivity index (χ1v) is 6.69. The molecule has 1 aromatic rings. The van der Waals surface area contributed by atoms with Crippen LogP contribution in [0.1, 0.15) is 32.3 Å². The molecule has 0 atom stereocenters. The SMILES string of the molecule is CC(C)CCC(=O)Nc1cc(C#CCN)ccc1Cl. The summed E-state index contributed by atoms with van der Waals surface area (Å²) >= 11 is 6.05. The molecular formula is C15H19ClN2O. The topological polar surface area (TPSA) is 55.1 Å². The van der Waals surface area contributed by atoms with Gasteiger partial charge in [-0.25, -0.2) is 0 Å². The summed E-state index contributed by atoms with van der Waals surface area (Å²) in [5.74, 6) is 6.15. The molecule has 0 heterocycles. The fourth-order valence-corrected chi connectivity index (χ4v) is 1.65. The standard InChI is InChI=1S/C15H19ClN2O/c1-11(2)5-8-15(19)18-14-10-12(4-3-9-17)6-7-13(14)16/h6-7,10-11H,5,8-9,17H2,1-2H3,(H,18,19). The molecule has 0 unspecified atom stereocenters. The molecule has 0 saturated carbocycles. The van der Waals surface area contributed by atoms with Crippen LogP contribution in [0.5, 0.6) is 0 Å². The first kappa shape index (κ1) is 15.6. The van der Waals surface area contributed by atoms with Crippen molar-refractivity contribution in [2.24, 2.45) is 11.7 Å². The average molecular weight is 279 g/mol. The number of amides is 1.